The Hall–Kier alpha value is -3.04. The van der Waals surface area contributed by atoms with E-state index in [0.29, 0.717) is 17.3 Å². The zero-order chi connectivity index (χ0) is 16.7. The van der Waals surface area contributed by atoms with Gasteiger partial charge in [-0.25, -0.2) is 0 Å². The highest BCUT2D eigenvalue weighted by molar-refractivity contribution is 7.10. The van der Waals surface area contributed by atoms with Crippen molar-refractivity contribution >= 4 is 11.3 Å². The maximum absolute atomic E-state index is 9.57. The fourth-order valence-electron chi connectivity index (χ4n) is 2.88. The molecular formula is C18H14N4OS. The number of hydrogen-bond donors (Lipinski definition) is 2. The molecule has 0 bridgehead atoms. The van der Waals surface area contributed by atoms with Gasteiger partial charge in [0.15, 0.2) is 0 Å². The summed E-state index contributed by atoms with van der Waals surface area (Å²) < 4.78 is 5.60. The number of rotatable bonds is 2. The summed E-state index contributed by atoms with van der Waals surface area (Å²) in [5.74, 6) is 0.979. The molecule has 1 aromatic carbocycles. The van der Waals surface area contributed by atoms with Gasteiger partial charge in [-0.05, 0) is 23.9 Å². The monoisotopic (exact) mass is 334 g/mol. The van der Waals surface area contributed by atoms with Crippen LogP contribution in [0.5, 0.6) is 5.88 Å². The molecule has 0 radical (unpaired) electrons. The number of fused-ring (bicyclic) bond motifs is 1. The predicted octanol–water partition coefficient (Wildman–Crippen LogP) is 3.66. The minimum Gasteiger partial charge on any atom is -0.420 e. The molecule has 6 heteroatoms. The molecule has 0 fully saturated rings. The summed E-state index contributed by atoms with van der Waals surface area (Å²) in [7, 11) is 0. The van der Waals surface area contributed by atoms with E-state index in [1.165, 1.54) is 0 Å². The second-order valence-corrected chi connectivity index (χ2v) is 6.51. The largest absolute Gasteiger partial charge is 0.420 e. The maximum atomic E-state index is 9.57. The van der Waals surface area contributed by atoms with Crippen LogP contribution in [0.1, 0.15) is 22.1 Å². The van der Waals surface area contributed by atoms with Crippen molar-refractivity contribution < 1.29 is 4.74 Å². The molecule has 0 saturated carbocycles. The van der Waals surface area contributed by atoms with Gasteiger partial charge >= 0.3 is 0 Å². The maximum Gasteiger partial charge on any atom is 0.243 e. The number of aromatic amines is 1. The molecule has 0 amide bonds. The Morgan fingerprint density at radius 2 is 2.08 bits per heavy atom. The number of nitrogens with zero attached hydrogens (tertiary/aromatic N) is 2. The highest BCUT2D eigenvalue weighted by Crippen LogP contribution is 2.44. The van der Waals surface area contributed by atoms with Crippen molar-refractivity contribution in [1.82, 2.24) is 9.97 Å². The Kier molecular flexibility index (Phi) is 3.36. The summed E-state index contributed by atoms with van der Waals surface area (Å²) in [5.41, 5.74) is 9.24. The molecule has 118 valence electrons. The molecule has 0 saturated heterocycles. The van der Waals surface area contributed by atoms with Crippen LogP contribution in [0.2, 0.25) is 0 Å². The van der Waals surface area contributed by atoms with Gasteiger partial charge in [-0.15, -0.1) is 11.3 Å². The number of ether oxygens (including phenoxy) is 1. The van der Waals surface area contributed by atoms with E-state index in [1.807, 2.05) is 48.7 Å². The van der Waals surface area contributed by atoms with Gasteiger partial charge in [0, 0.05) is 10.4 Å². The lowest BCUT2D eigenvalue weighted by molar-refractivity contribution is 0.380. The fourth-order valence-corrected chi connectivity index (χ4v) is 3.93. The zero-order valence-electron chi connectivity index (χ0n) is 12.9. The van der Waals surface area contributed by atoms with Crippen molar-refractivity contribution in [3.63, 3.8) is 0 Å². The number of allylic oxidation sites excluding steroid dienone is 1. The van der Waals surface area contributed by atoms with Crippen LogP contribution in [-0.4, -0.2) is 9.97 Å². The highest BCUT2D eigenvalue weighted by Gasteiger charge is 2.35. The Labute approximate surface area is 143 Å². The van der Waals surface area contributed by atoms with Crippen LogP contribution in [0.3, 0.4) is 0 Å². The van der Waals surface area contributed by atoms with Crippen molar-refractivity contribution in [3.05, 3.63) is 69.4 Å². The Bertz CT molecular complexity index is 978. The van der Waals surface area contributed by atoms with Gasteiger partial charge in [0.25, 0.3) is 0 Å². The van der Waals surface area contributed by atoms with Gasteiger partial charge in [-0.3, -0.25) is 0 Å². The summed E-state index contributed by atoms with van der Waals surface area (Å²) in [6.45, 7) is 2.03. The summed E-state index contributed by atoms with van der Waals surface area (Å²) in [4.78, 5) is 8.93. The number of aryl methyl sites for hydroxylation is 1. The van der Waals surface area contributed by atoms with Gasteiger partial charge < -0.3 is 15.5 Å². The summed E-state index contributed by atoms with van der Waals surface area (Å²) in [6.07, 6.45) is 0. The Balaban J connectivity index is 1.90. The van der Waals surface area contributed by atoms with E-state index in [2.05, 4.69) is 16.0 Å². The Morgan fingerprint density at radius 1 is 1.29 bits per heavy atom. The van der Waals surface area contributed by atoms with E-state index in [4.69, 9.17) is 10.5 Å². The van der Waals surface area contributed by atoms with Crippen LogP contribution in [-0.2, 0) is 0 Å². The first-order valence-electron chi connectivity index (χ1n) is 7.46. The molecule has 1 aliphatic rings. The molecule has 5 nitrogen and oxygen atoms in total. The van der Waals surface area contributed by atoms with Crippen LogP contribution in [0.4, 0.5) is 0 Å². The molecule has 3 N–H and O–H groups in total. The van der Waals surface area contributed by atoms with Crippen LogP contribution >= 0.6 is 11.3 Å². The lowest BCUT2D eigenvalue weighted by Gasteiger charge is -2.22. The lowest BCUT2D eigenvalue weighted by atomic mass is 9.92. The fraction of sp³-hybridized carbons (Fsp3) is 0.111. The lowest BCUT2D eigenvalue weighted by Crippen LogP contribution is -2.20. The number of nitriles is 1. The summed E-state index contributed by atoms with van der Waals surface area (Å²) >= 11 is 1.60. The Morgan fingerprint density at radius 3 is 2.75 bits per heavy atom. The van der Waals surface area contributed by atoms with E-state index >= 15 is 0 Å². The number of aromatic nitrogens is 2. The quantitative estimate of drug-likeness (QED) is 0.748. The van der Waals surface area contributed by atoms with Crippen molar-refractivity contribution in [2.75, 3.05) is 0 Å². The number of thiophene rings is 1. The average Bonchev–Trinajstić information content (AvgIpc) is 3.20. The molecule has 3 heterocycles. The zero-order valence-corrected chi connectivity index (χ0v) is 13.7. The molecule has 24 heavy (non-hydrogen) atoms. The van der Waals surface area contributed by atoms with Crippen molar-refractivity contribution in [1.29, 1.82) is 5.26 Å². The highest BCUT2D eigenvalue weighted by atomic mass is 32.1. The minimum absolute atomic E-state index is 0.119. The third-order valence-electron chi connectivity index (χ3n) is 4.08. The van der Waals surface area contributed by atoms with Gasteiger partial charge in [0.1, 0.15) is 17.5 Å². The number of hydrogen-bond acceptors (Lipinski definition) is 5. The van der Waals surface area contributed by atoms with Gasteiger partial charge in [0.05, 0.1) is 11.6 Å². The third kappa shape index (κ3) is 2.18. The van der Waals surface area contributed by atoms with Gasteiger partial charge in [0.2, 0.25) is 11.8 Å². The molecular weight excluding hydrogens is 320 g/mol. The number of nitrogens with two attached hydrogens (primary N) is 1. The van der Waals surface area contributed by atoms with Crippen molar-refractivity contribution in [3.8, 4) is 23.3 Å². The van der Waals surface area contributed by atoms with E-state index in [0.717, 1.165) is 21.7 Å². The first kappa shape index (κ1) is 14.5. The van der Waals surface area contributed by atoms with E-state index in [9.17, 15) is 5.26 Å². The number of imidazole rings is 1. The standard InChI is InChI=1S/C18H14N4OS/c1-10-7-8-24-15(10)13-12(9-19)16(20)23-18-14(13)21-17(22-18)11-5-3-2-4-6-11/h2-8,13H,20H2,1H3,(H,21,22)/t13-/m0/s1. The van der Waals surface area contributed by atoms with Crippen LogP contribution in [0.15, 0.2) is 53.2 Å². The first-order chi connectivity index (χ1) is 11.7. The minimum atomic E-state index is -0.274. The smallest absolute Gasteiger partial charge is 0.243 e. The van der Waals surface area contributed by atoms with Gasteiger partial charge in [-0.1, -0.05) is 30.3 Å². The molecule has 1 aliphatic heterocycles. The molecule has 0 aliphatic carbocycles. The third-order valence-corrected chi connectivity index (χ3v) is 5.16. The van der Waals surface area contributed by atoms with E-state index in [-0.39, 0.29) is 11.8 Å². The molecule has 0 unspecified atom stereocenters. The van der Waals surface area contributed by atoms with E-state index in [1.54, 1.807) is 11.3 Å². The topological polar surface area (TPSA) is 87.7 Å². The number of benzene rings is 1. The molecule has 0 spiro atoms. The van der Waals surface area contributed by atoms with Crippen molar-refractivity contribution in [2.24, 2.45) is 5.73 Å². The first-order valence-corrected chi connectivity index (χ1v) is 8.34. The molecule has 4 rings (SSSR count). The van der Waals surface area contributed by atoms with Crippen molar-refractivity contribution in [2.45, 2.75) is 12.8 Å². The van der Waals surface area contributed by atoms with Crippen LogP contribution < -0.4 is 10.5 Å². The second-order valence-electron chi connectivity index (χ2n) is 5.56. The predicted molar refractivity (Wildman–Crippen MR) is 92.4 cm³/mol. The SMILES string of the molecule is Cc1ccsc1[C@H]1C(C#N)=C(N)Oc2nc(-c3ccccc3)[nH]c21. The normalized spacial score (nSPS) is 16.4. The summed E-state index contributed by atoms with van der Waals surface area (Å²) in [6, 6.07) is 14.0. The van der Waals surface area contributed by atoms with Gasteiger partial charge in [-0.2, -0.15) is 10.2 Å². The number of nitrogens with one attached hydrogen (secondary N) is 1. The number of H-pyrrole nitrogens is 1. The van der Waals surface area contributed by atoms with Crippen LogP contribution in [0.25, 0.3) is 11.4 Å². The summed E-state index contributed by atoms with van der Waals surface area (Å²) in [5, 5.41) is 11.6. The second kappa shape index (κ2) is 5.55. The molecule has 2 aromatic heterocycles. The van der Waals surface area contributed by atoms with E-state index < -0.39 is 0 Å². The van der Waals surface area contributed by atoms with Crippen LogP contribution in [0, 0.1) is 18.3 Å². The average molecular weight is 334 g/mol. The molecule has 1 atom stereocenters. The molecule has 3 aromatic rings.